The van der Waals surface area contributed by atoms with E-state index in [1.165, 1.54) is 6.20 Å². The minimum Gasteiger partial charge on any atom is -0.496 e. The van der Waals surface area contributed by atoms with Gasteiger partial charge < -0.3 is 20.1 Å². The molecule has 0 heterocycles. The van der Waals surface area contributed by atoms with Gasteiger partial charge in [-0.3, -0.25) is 4.79 Å². The standard InChI is InChI=1S/C23H27N3O3/c1-5-29-22-11-10-16(2)12-20(22)17(3)26-23(27)19(13-24)15-25-14-18-8-6-7-9-21(18)28-4/h6-12,15,17,25H,5,14H2,1-4H3,(H,26,27)/b19-15-. The highest BCUT2D eigenvalue weighted by molar-refractivity contribution is 5.97. The molecule has 0 spiro atoms. The largest absolute Gasteiger partial charge is 0.496 e. The maximum Gasteiger partial charge on any atom is 0.263 e. The van der Waals surface area contributed by atoms with Gasteiger partial charge in [0.15, 0.2) is 0 Å². The van der Waals surface area contributed by atoms with Gasteiger partial charge in [-0.1, -0.05) is 35.9 Å². The molecule has 0 aliphatic rings. The number of benzene rings is 2. The minimum absolute atomic E-state index is 0.00244. The van der Waals surface area contributed by atoms with E-state index in [0.717, 1.165) is 28.2 Å². The number of carbonyl (C=O) groups excluding carboxylic acids is 1. The smallest absolute Gasteiger partial charge is 0.263 e. The highest BCUT2D eigenvalue weighted by Crippen LogP contribution is 2.26. The van der Waals surface area contributed by atoms with Crippen LogP contribution in [0, 0.1) is 18.3 Å². The summed E-state index contributed by atoms with van der Waals surface area (Å²) in [7, 11) is 1.60. The van der Waals surface area contributed by atoms with Crippen molar-refractivity contribution in [1.82, 2.24) is 10.6 Å². The van der Waals surface area contributed by atoms with Gasteiger partial charge in [0.2, 0.25) is 0 Å². The topological polar surface area (TPSA) is 83.4 Å². The number of carbonyl (C=O) groups is 1. The first-order valence-corrected chi connectivity index (χ1v) is 9.49. The minimum atomic E-state index is -0.448. The Kier molecular flexibility index (Phi) is 8.11. The van der Waals surface area contributed by atoms with E-state index >= 15 is 0 Å². The van der Waals surface area contributed by atoms with Gasteiger partial charge in [-0.2, -0.15) is 5.26 Å². The zero-order valence-electron chi connectivity index (χ0n) is 17.3. The summed E-state index contributed by atoms with van der Waals surface area (Å²) in [6, 6.07) is 15.0. The van der Waals surface area contributed by atoms with E-state index in [1.807, 2.05) is 69.3 Å². The van der Waals surface area contributed by atoms with Gasteiger partial charge >= 0.3 is 0 Å². The van der Waals surface area contributed by atoms with Crippen LogP contribution in [0.4, 0.5) is 0 Å². The molecule has 29 heavy (non-hydrogen) atoms. The second-order valence-electron chi connectivity index (χ2n) is 6.53. The second-order valence-corrected chi connectivity index (χ2v) is 6.53. The summed E-state index contributed by atoms with van der Waals surface area (Å²) >= 11 is 0. The summed E-state index contributed by atoms with van der Waals surface area (Å²) in [4.78, 5) is 12.6. The van der Waals surface area contributed by atoms with Gasteiger partial charge in [0, 0.05) is 23.9 Å². The summed E-state index contributed by atoms with van der Waals surface area (Å²) in [5.41, 5.74) is 2.87. The molecule has 0 fully saturated rings. The van der Waals surface area contributed by atoms with E-state index < -0.39 is 5.91 Å². The molecule has 0 aliphatic heterocycles. The number of hydrogen-bond acceptors (Lipinski definition) is 5. The number of nitrogens with zero attached hydrogens (tertiary/aromatic N) is 1. The zero-order chi connectivity index (χ0) is 21.2. The number of amides is 1. The molecule has 0 aliphatic carbocycles. The Balaban J connectivity index is 2.07. The molecule has 6 nitrogen and oxygen atoms in total. The van der Waals surface area contributed by atoms with Crippen LogP contribution in [0.1, 0.15) is 36.6 Å². The van der Waals surface area contributed by atoms with Crippen LogP contribution in [0.15, 0.2) is 54.2 Å². The van der Waals surface area contributed by atoms with Crippen LogP contribution in [0.2, 0.25) is 0 Å². The maximum absolute atomic E-state index is 12.6. The van der Waals surface area contributed by atoms with Gasteiger partial charge in [-0.15, -0.1) is 0 Å². The van der Waals surface area contributed by atoms with Gasteiger partial charge in [-0.25, -0.2) is 0 Å². The average Bonchev–Trinajstić information content (AvgIpc) is 2.72. The molecule has 0 aromatic heterocycles. The van der Waals surface area contributed by atoms with Gasteiger partial charge in [0.05, 0.1) is 19.8 Å². The Labute approximate surface area is 172 Å². The molecule has 152 valence electrons. The van der Waals surface area contributed by atoms with Crippen LogP contribution >= 0.6 is 0 Å². The Morgan fingerprint density at radius 1 is 1.24 bits per heavy atom. The molecular weight excluding hydrogens is 366 g/mol. The van der Waals surface area contributed by atoms with Crippen LogP contribution < -0.4 is 20.1 Å². The third-order valence-electron chi connectivity index (χ3n) is 4.38. The molecule has 2 rings (SSSR count). The molecule has 0 bridgehead atoms. The lowest BCUT2D eigenvalue weighted by Crippen LogP contribution is -2.29. The van der Waals surface area contributed by atoms with E-state index in [1.54, 1.807) is 7.11 Å². The first-order valence-electron chi connectivity index (χ1n) is 9.49. The van der Waals surface area contributed by atoms with E-state index in [0.29, 0.717) is 13.2 Å². The molecule has 0 saturated carbocycles. The second kappa shape index (κ2) is 10.8. The lowest BCUT2D eigenvalue weighted by Gasteiger charge is -2.18. The van der Waals surface area contributed by atoms with E-state index in [-0.39, 0.29) is 11.6 Å². The number of methoxy groups -OCH3 is 1. The van der Waals surface area contributed by atoms with Crippen molar-refractivity contribution in [2.45, 2.75) is 33.4 Å². The van der Waals surface area contributed by atoms with Gasteiger partial charge in [0.1, 0.15) is 23.1 Å². The van der Waals surface area contributed by atoms with Crippen molar-refractivity contribution in [3.63, 3.8) is 0 Å². The monoisotopic (exact) mass is 393 g/mol. The zero-order valence-corrected chi connectivity index (χ0v) is 17.3. The number of rotatable bonds is 9. The summed E-state index contributed by atoms with van der Waals surface area (Å²) in [5.74, 6) is 1.02. The van der Waals surface area contributed by atoms with Crippen molar-refractivity contribution >= 4 is 5.91 Å². The lowest BCUT2D eigenvalue weighted by atomic mass is 10.0. The Morgan fingerprint density at radius 3 is 2.69 bits per heavy atom. The summed E-state index contributed by atoms with van der Waals surface area (Å²) in [6.45, 7) is 6.73. The predicted octanol–water partition coefficient (Wildman–Crippen LogP) is 3.78. The SMILES string of the molecule is CCOc1ccc(C)cc1C(C)NC(=O)/C(C#N)=C\NCc1ccccc1OC. The number of para-hydroxylation sites is 1. The fraction of sp³-hybridized carbons (Fsp3) is 0.304. The average molecular weight is 393 g/mol. The predicted molar refractivity (Wildman–Crippen MR) is 112 cm³/mol. The van der Waals surface area contributed by atoms with Crippen molar-refractivity contribution in [3.05, 3.63) is 70.9 Å². The quantitative estimate of drug-likeness (QED) is 0.500. The van der Waals surface area contributed by atoms with Crippen LogP contribution in [0.25, 0.3) is 0 Å². The van der Waals surface area contributed by atoms with E-state index in [9.17, 15) is 10.1 Å². The van der Waals surface area contributed by atoms with Gasteiger partial charge in [-0.05, 0) is 32.9 Å². The highest BCUT2D eigenvalue weighted by atomic mass is 16.5. The molecule has 6 heteroatoms. The third-order valence-corrected chi connectivity index (χ3v) is 4.38. The Morgan fingerprint density at radius 2 is 2.00 bits per heavy atom. The van der Waals surface area contributed by atoms with Crippen LogP contribution in [0.5, 0.6) is 11.5 Å². The lowest BCUT2D eigenvalue weighted by molar-refractivity contribution is -0.117. The van der Waals surface area contributed by atoms with E-state index in [2.05, 4.69) is 10.6 Å². The molecule has 2 N–H and O–H groups in total. The van der Waals surface area contributed by atoms with Gasteiger partial charge in [0.25, 0.3) is 5.91 Å². The number of aryl methyl sites for hydroxylation is 1. The fourth-order valence-electron chi connectivity index (χ4n) is 2.91. The molecule has 2 aromatic carbocycles. The molecule has 0 radical (unpaired) electrons. The first kappa shape index (κ1) is 21.8. The normalized spacial score (nSPS) is 11.9. The molecular formula is C23H27N3O3. The molecule has 1 unspecified atom stereocenters. The number of nitrogens with one attached hydrogen (secondary N) is 2. The molecule has 2 aromatic rings. The highest BCUT2D eigenvalue weighted by Gasteiger charge is 2.17. The van der Waals surface area contributed by atoms with Crippen LogP contribution in [-0.4, -0.2) is 19.6 Å². The van der Waals surface area contributed by atoms with Crippen molar-refractivity contribution < 1.29 is 14.3 Å². The van der Waals surface area contributed by atoms with Crippen LogP contribution in [0.3, 0.4) is 0 Å². The van der Waals surface area contributed by atoms with E-state index in [4.69, 9.17) is 9.47 Å². The van der Waals surface area contributed by atoms with Crippen molar-refractivity contribution in [2.75, 3.05) is 13.7 Å². The first-order chi connectivity index (χ1) is 14.0. The molecule has 0 saturated heterocycles. The number of nitriles is 1. The summed E-state index contributed by atoms with van der Waals surface area (Å²) in [6.07, 6.45) is 1.42. The summed E-state index contributed by atoms with van der Waals surface area (Å²) < 4.78 is 11.0. The van der Waals surface area contributed by atoms with Crippen molar-refractivity contribution in [2.24, 2.45) is 0 Å². The Bertz CT molecular complexity index is 916. The number of hydrogen-bond donors (Lipinski definition) is 2. The number of ether oxygens (including phenoxy) is 2. The molecule has 1 atom stereocenters. The Hall–Kier alpha value is -3.46. The summed E-state index contributed by atoms with van der Waals surface area (Å²) in [5, 5.41) is 15.3. The molecule has 1 amide bonds. The fourth-order valence-corrected chi connectivity index (χ4v) is 2.91. The van der Waals surface area contributed by atoms with Crippen molar-refractivity contribution in [3.8, 4) is 17.6 Å². The van der Waals surface area contributed by atoms with Crippen LogP contribution in [-0.2, 0) is 11.3 Å². The third kappa shape index (κ3) is 6.01. The van der Waals surface area contributed by atoms with Crippen molar-refractivity contribution in [1.29, 1.82) is 5.26 Å². The maximum atomic E-state index is 12.6.